The van der Waals surface area contributed by atoms with E-state index in [1.165, 1.54) is 49.7 Å². The molecule has 0 aromatic heterocycles. The molecule has 0 saturated heterocycles. The number of carbonyl (C=O) groups is 1. The third kappa shape index (κ3) is 4.19. The van der Waals surface area contributed by atoms with Gasteiger partial charge in [0.1, 0.15) is 6.29 Å². The topological polar surface area (TPSA) is 17.1 Å². The van der Waals surface area contributed by atoms with Gasteiger partial charge in [0.25, 0.3) is 0 Å². The second kappa shape index (κ2) is 7.47. The number of hydrogen-bond acceptors (Lipinski definition) is 1. The van der Waals surface area contributed by atoms with Crippen molar-refractivity contribution in [3.8, 4) is 0 Å². The fourth-order valence-electron chi connectivity index (χ4n) is 3.33. The lowest BCUT2D eigenvalue weighted by Crippen LogP contribution is -2.13. The number of aldehydes is 1. The Balaban J connectivity index is 1.85. The van der Waals surface area contributed by atoms with Crippen molar-refractivity contribution in [1.29, 1.82) is 0 Å². The molecule has 0 spiro atoms. The smallest absolute Gasteiger partial charge is 0.120 e. The Morgan fingerprint density at radius 3 is 2.37 bits per heavy atom. The van der Waals surface area contributed by atoms with E-state index in [9.17, 15) is 4.79 Å². The van der Waals surface area contributed by atoms with E-state index in [1.54, 1.807) is 0 Å². The van der Waals surface area contributed by atoms with Gasteiger partial charge in [-0.05, 0) is 61.5 Å². The Morgan fingerprint density at radius 1 is 1.11 bits per heavy atom. The van der Waals surface area contributed by atoms with Gasteiger partial charge in [0.05, 0.1) is 0 Å². The first-order chi connectivity index (χ1) is 9.33. The summed E-state index contributed by atoms with van der Waals surface area (Å²) in [6, 6.07) is 9.28. The van der Waals surface area contributed by atoms with Crippen LogP contribution >= 0.6 is 0 Å². The Labute approximate surface area is 117 Å². The monoisotopic (exact) mass is 258 g/mol. The molecule has 0 radical (unpaired) electrons. The van der Waals surface area contributed by atoms with Crippen molar-refractivity contribution in [3.05, 3.63) is 35.4 Å². The summed E-state index contributed by atoms with van der Waals surface area (Å²) in [5.74, 6) is 1.55. The number of carbonyl (C=O) groups excluding carboxylic acids is 1. The zero-order chi connectivity index (χ0) is 13.5. The minimum Gasteiger partial charge on any atom is -0.303 e. The van der Waals surface area contributed by atoms with Gasteiger partial charge in [-0.2, -0.15) is 0 Å². The number of hydrogen-bond donors (Lipinski definition) is 0. The van der Waals surface area contributed by atoms with E-state index >= 15 is 0 Å². The van der Waals surface area contributed by atoms with Crippen molar-refractivity contribution in [2.75, 3.05) is 0 Å². The van der Waals surface area contributed by atoms with Gasteiger partial charge in [0, 0.05) is 6.42 Å². The average Bonchev–Trinajstić information content (AvgIpc) is 2.47. The zero-order valence-corrected chi connectivity index (χ0v) is 12.1. The van der Waals surface area contributed by atoms with Crippen LogP contribution in [0.2, 0.25) is 0 Å². The molecule has 1 heteroatoms. The summed E-state index contributed by atoms with van der Waals surface area (Å²) in [7, 11) is 0. The maximum atomic E-state index is 10.4. The summed E-state index contributed by atoms with van der Waals surface area (Å²) >= 11 is 0. The van der Waals surface area contributed by atoms with Crippen molar-refractivity contribution in [2.24, 2.45) is 5.92 Å². The summed E-state index contributed by atoms with van der Waals surface area (Å²) in [6.07, 6.45) is 10.5. The fraction of sp³-hybridized carbons (Fsp3) is 0.611. The molecule has 1 aliphatic rings. The predicted molar refractivity (Wildman–Crippen MR) is 80.4 cm³/mol. The molecule has 1 saturated carbocycles. The Hall–Kier alpha value is -1.11. The lowest BCUT2D eigenvalue weighted by atomic mass is 9.77. The predicted octanol–water partition coefficient (Wildman–Crippen LogP) is 4.89. The van der Waals surface area contributed by atoms with Crippen LogP contribution in [0, 0.1) is 5.92 Å². The molecule has 0 atom stereocenters. The van der Waals surface area contributed by atoms with Gasteiger partial charge < -0.3 is 4.79 Å². The van der Waals surface area contributed by atoms with Crippen molar-refractivity contribution >= 4 is 6.29 Å². The molecule has 104 valence electrons. The highest BCUT2D eigenvalue weighted by atomic mass is 16.1. The van der Waals surface area contributed by atoms with Crippen LogP contribution in [-0.2, 0) is 11.2 Å². The average molecular weight is 258 g/mol. The standard InChI is InChI=1S/C18H26O/c1-2-4-15-6-10-17(11-7-15)18-12-8-16(9-13-18)5-3-14-19/h6-7,10-11,14,16,18H,2-5,8-9,12-13H2,1H3. The Kier molecular flexibility index (Phi) is 5.62. The van der Waals surface area contributed by atoms with Crippen molar-refractivity contribution in [2.45, 2.75) is 64.2 Å². The summed E-state index contributed by atoms with van der Waals surface area (Å²) < 4.78 is 0. The molecule has 0 amide bonds. The fourth-order valence-corrected chi connectivity index (χ4v) is 3.33. The van der Waals surface area contributed by atoms with E-state index < -0.39 is 0 Å². The number of aryl methyl sites for hydroxylation is 1. The zero-order valence-electron chi connectivity index (χ0n) is 12.1. The van der Waals surface area contributed by atoms with Crippen molar-refractivity contribution in [1.82, 2.24) is 0 Å². The first-order valence-corrected chi connectivity index (χ1v) is 7.86. The van der Waals surface area contributed by atoms with Crippen molar-refractivity contribution in [3.63, 3.8) is 0 Å². The summed E-state index contributed by atoms with van der Waals surface area (Å²) in [5, 5.41) is 0. The SMILES string of the molecule is CCCc1ccc(C2CCC(CCC=O)CC2)cc1. The second-order valence-corrected chi connectivity index (χ2v) is 5.95. The molecule has 19 heavy (non-hydrogen) atoms. The first-order valence-electron chi connectivity index (χ1n) is 7.86. The molecule has 0 unspecified atom stereocenters. The number of benzene rings is 1. The van der Waals surface area contributed by atoms with E-state index in [0.717, 1.165) is 31.0 Å². The minimum atomic E-state index is 0.751. The Bertz CT molecular complexity index is 371. The number of rotatable bonds is 6. The maximum Gasteiger partial charge on any atom is 0.120 e. The molecule has 1 aliphatic carbocycles. The van der Waals surface area contributed by atoms with Crippen LogP contribution in [0.15, 0.2) is 24.3 Å². The molecule has 0 bridgehead atoms. The van der Waals surface area contributed by atoms with E-state index in [1.807, 2.05) is 0 Å². The van der Waals surface area contributed by atoms with Crippen LogP contribution in [0.25, 0.3) is 0 Å². The third-order valence-electron chi connectivity index (χ3n) is 4.53. The van der Waals surface area contributed by atoms with Crippen LogP contribution in [-0.4, -0.2) is 6.29 Å². The van der Waals surface area contributed by atoms with Crippen LogP contribution in [0.1, 0.15) is 68.9 Å². The molecular weight excluding hydrogens is 232 g/mol. The van der Waals surface area contributed by atoms with E-state index in [2.05, 4.69) is 31.2 Å². The van der Waals surface area contributed by atoms with E-state index in [-0.39, 0.29) is 0 Å². The molecule has 1 aromatic rings. The third-order valence-corrected chi connectivity index (χ3v) is 4.53. The maximum absolute atomic E-state index is 10.4. The molecular formula is C18H26O. The molecule has 2 rings (SSSR count). The van der Waals surface area contributed by atoms with Gasteiger partial charge in [0.2, 0.25) is 0 Å². The normalized spacial score (nSPS) is 23.2. The Morgan fingerprint density at radius 2 is 1.79 bits per heavy atom. The highest BCUT2D eigenvalue weighted by Crippen LogP contribution is 2.37. The molecule has 0 aliphatic heterocycles. The van der Waals surface area contributed by atoms with Crippen LogP contribution in [0.4, 0.5) is 0 Å². The molecule has 0 N–H and O–H groups in total. The summed E-state index contributed by atoms with van der Waals surface area (Å²) in [6.45, 7) is 2.23. The van der Waals surface area contributed by atoms with E-state index in [4.69, 9.17) is 0 Å². The molecule has 1 nitrogen and oxygen atoms in total. The van der Waals surface area contributed by atoms with E-state index in [0.29, 0.717) is 0 Å². The van der Waals surface area contributed by atoms with Gasteiger partial charge in [-0.1, -0.05) is 37.6 Å². The quantitative estimate of drug-likeness (QED) is 0.664. The lowest BCUT2D eigenvalue weighted by Gasteiger charge is -2.28. The van der Waals surface area contributed by atoms with Gasteiger partial charge in [-0.15, -0.1) is 0 Å². The molecule has 1 fully saturated rings. The lowest BCUT2D eigenvalue weighted by molar-refractivity contribution is -0.108. The van der Waals surface area contributed by atoms with Gasteiger partial charge in [-0.25, -0.2) is 0 Å². The van der Waals surface area contributed by atoms with Crippen LogP contribution in [0.5, 0.6) is 0 Å². The summed E-state index contributed by atoms with van der Waals surface area (Å²) in [4.78, 5) is 10.4. The highest BCUT2D eigenvalue weighted by Gasteiger charge is 2.21. The van der Waals surface area contributed by atoms with Crippen LogP contribution in [0.3, 0.4) is 0 Å². The van der Waals surface area contributed by atoms with Gasteiger partial charge in [0.15, 0.2) is 0 Å². The minimum absolute atomic E-state index is 0.751. The molecule has 1 aromatic carbocycles. The van der Waals surface area contributed by atoms with Crippen molar-refractivity contribution < 1.29 is 4.79 Å². The van der Waals surface area contributed by atoms with Gasteiger partial charge in [-0.3, -0.25) is 0 Å². The molecule has 0 heterocycles. The van der Waals surface area contributed by atoms with Gasteiger partial charge >= 0.3 is 0 Å². The first kappa shape index (κ1) is 14.3. The largest absolute Gasteiger partial charge is 0.303 e. The highest BCUT2D eigenvalue weighted by molar-refractivity contribution is 5.49. The second-order valence-electron chi connectivity index (χ2n) is 5.95. The summed E-state index contributed by atoms with van der Waals surface area (Å²) in [5.41, 5.74) is 2.99. The van der Waals surface area contributed by atoms with Crippen LogP contribution < -0.4 is 0 Å².